The Balaban J connectivity index is 0.000000217. The normalized spacial score (nSPS) is 9.83. The second-order valence-corrected chi connectivity index (χ2v) is 14.2. The Morgan fingerprint density at radius 2 is 1.14 bits per heavy atom. The summed E-state index contributed by atoms with van der Waals surface area (Å²) in [7, 11) is 0. The first-order valence-corrected chi connectivity index (χ1v) is 19.1. The van der Waals surface area contributed by atoms with Gasteiger partial charge in [0.05, 0.1) is 35.0 Å². The summed E-state index contributed by atoms with van der Waals surface area (Å²) >= 11 is 6.38. The number of nitrogens with two attached hydrogens (primary N) is 1. The highest BCUT2D eigenvalue weighted by Crippen LogP contribution is 2.17. The number of carbonyl (C=O) groups is 3. The number of carboxylic acid groups (broad SMARTS) is 1. The third kappa shape index (κ3) is 18.5. The first kappa shape index (κ1) is 45.9. The van der Waals surface area contributed by atoms with Gasteiger partial charge in [-0.3, -0.25) is 30.6 Å². The SMILES string of the molecule is C=C(C)c1cncc(NC(=O)OCc2ccccc2)c1.CC(C)c1cncc(N)c1.O=C(Nc1cncc(Br)c1)OCc1ccccc1.O=C(O)c1cncc(Br)c1. The predicted molar refractivity (Wildman–Crippen MR) is 233 cm³/mol. The number of pyridine rings is 4. The highest BCUT2D eigenvalue weighted by atomic mass is 79.9. The van der Waals surface area contributed by atoms with Crippen molar-refractivity contribution in [3.63, 3.8) is 0 Å². The zero-order chi connectivity index (χ0) is 42.3. The van der Waals surface area contributed by atoms with Gasteiger partial charge in [-0.05, 0) is 96.8 Å². The van der Waals surface area contributed by atoms with Crippen LogP contribution >= 0.6 is 31.9 Å². The molecule has 0 unspecified atom stereocenters. The van der Waals surface area contributed by atoms with Gasteiger partial charge < -0.3 is 20.3 Å². The lowest BCUT2D eigenvalue weighted by atomic mass is 10.1. The molecule has 2 amide bonds. The van der Waals surface area contributed by atoms with Crippen LogP contribution < -0.4 is 16.4 Å². The number of aromatic carboxylic acids is 1. The third-order valence-corrected chi connectivity index (χ3v) is 8.12. The van der Waals surface area contributed by atoms with Crippen LogP contribution in [-0.2, 0) is 22.7 Å². The molecule has 0 radical (unpaired) electrons. The van der Waals surface area contributed by atoms with E-state index in [0.717, 1.165) is 32.4 Å². The van der Waals surface area contributed by atoms with Crippen LogP contribution in [0.5, 0.6) is 0 Å². The lowest BCUT2D eigenvalue weighted by molar-refractivity contribution is 0.0696. The van der Waals surface area contributed by atoms with Crippen molar-refractivity contribution in [2.45, 2.75) is 39.9 Å². The monoisotopic (exact) mass is 911 g/mol. The standard InChI is InChI=1S/C16H16N2O2.C13H11BrN2O2.C8H12N2.C6H4BrNO2/c1-12(2)14-8-15(10-17-9-14)18-16(19)20-11-13-6-4-3-5-7-13;14-11-6-12(8-15-7-11)16-13(17)18-9-10-4-2-1-3-5-10;1-6(2)7-3-8(9)5-10-4-7;7-5-1-4(6(9)10)2-8-3-5/h3-10H,1,11H2,2H3,(H,18,19);1-8H,9H2,(H,16,17);3-6H,9H2,1-2H3;1-3H,(H,9,10). The smallest absolute Gasteiger partial charge is 0.412 e. The maximum atomic E-state index is 11.7. The molecule has 0 fully saturated rings. The summed E-state index contributed by atoms with van der Waals surface area (Å²) in [6, 6.07) is 26.0. The quantitative estimate of drug-likeness (QED) is 0.108. The number of nitrogens with one attached hydrogen (secondary N) is 2. The molecule has 5 N–H and O–H groups in total. The summed E-state index contributed by atoms with van der Waals surface area (Å²) in [6.45, 7) is 10.4. The second-order valence-electron chi connectivity index (χ2n) is 12.4. The molecule has 15 heteroatoms. The molecule has 6 rings (SSSR count). The van der Waals surface area contributed by atoms with Crippen LogP contribution in [0.3, 0.4) is 0 Å². The van der Waals surface area contributed by atoms with Crippen molar-refractivity contribution in [3.05, 3.63) is 178 Å². The van der Waals surface area contributed by atoms with E-state index in [-0.39, 0.29) is 18.8 Å². The molecule has 58 heavy (non-hydrogen) atoms. The van der Waals surface area contributed by atoms with Crippen LogP contribution in [0.2, 0.25) is 0 Å². The van der Waals surface area contributed by atoms with Crippen molar-refractivity contribution in [3.8, 4) is 0 Å². The van der Waals surface area contributed by atoms with Gasteiger partial charge in [0.15, 0.2) is 0 Å². The molecule has 0 saturated carbocycles. The molecular weight excluding hydrogens is 870 g/mol. The van der Waals surface area contributed by atoms with Crippen molar-refractivity contribution in [1.82, 2.24) is 19.9 Å². The van der Waals surface area contributed by atoms with E-state index in [1.807, 2.05) is 79.9 Å². The average molecular weight is 914 g/mol. The number of rotatable bonds is 9. The summed E-state index contributed by atoms with van der Waals surface area (Å²) in [5.41, 5.74) is 12.5. The van der Waals surface area contributed by atoms with Crippen molar-refractivity contribution in [2.75, 3.05) is 16.4 Å². The molecule has 0 aliphatic rings. The number of carboxylic acids is 1. The number of aromatic nitrogens is 4. The Morgan fingerprint density at radius 1 is 0.672 bits per heavy atom. The fourth-order valence-corrected chi connectivity index (χ4v) is 5.03. The van der Waals surface area contributed by atoms with E-state index in [4.69, 9.17) is 20.3 Å². The van der Waals surface area contributed by atoms with Gasteiger partial charge in [0.1, 0.15) is 13.2 Å². The van der Waals surface area contributed by atoms with E-state index >= 15 is 0 Å². The fraction of sp³-hybridized carbons (Fsp3) is 0.140. The first-order chi connectivity index (χ1) is 27.8. The van der Waals surface area contributed by atoms with Gasteiger partial charge in [0.2, 0.25) is 0 Å². The molecule has 4 heterocycles. The van der Waals surface area contributed by atoms with Gasteiger partial charge >= 0.3 is 18.2 Å². The number of nitrogen functional groups attached to an aromatic ring is 1. The van der Waals surface area contributed by atoms with Crippen LogP contribution in [0.15, 0.2) is 150 Å². The van der Waals surface area contributed by atoms with Crippen molar-refractivity contribution >= 4 is 72.7 Å². The van der Waals surface area contributed by atoms with E-state index < -0.39 is 18.2 Å². The highest BCUT2D eigenvalue weighted by molar-refractivity contribution is 9.10. The van der Waals surface area contributed by atoms with Crippen LogP contribution in [0.4, 0.5) is 26.7 Å². The lowest BCUT2D eigenvalue weighted by Crippen LogP contribution is -2.13. The Hall–Kier alpha value is -6.45. The summed E-state index contributed by atoms with van der Waals surface area (Å²) < 4.78 is 11.7. The molecule has 0 aliphatic carbocycles. The molecule has 0 spiro atoms. The molecule has 0 saturated heterocycles. The van der Waals surface area contributed by atoms with E-state index in [2.05, 4.69) is 82.9 Å². The van der Waals surface area contributed by atoms with Gasteiger partial charge in [-0.15, -0.1) is 0 Å². The lowest BCUT2D eigenvalue weighted by Gasteiger charge is -2.08. The zero-order valence-corrected chi connectivity index (χ0v) is 35.2. The number of hydrogen-bond donors (Lipinski definition) is 4. The molecule has 6 aromatic rings. The number of carbonyl (C=O) groups excluding carboxylic acids is 2. The number of amides is 2. The van der Waals surface area contributed by atoms with Gasteiger partial charge in [-0.2, -0.15) is 0 Å². The molecule has 0 atom stereocenters. The predicted octanol–water partition coefficient (Wildman–Crippen LogP) is 10.8. The van der Waals surface area contributed by atoms with Gasteiger partial charge in [0, 0.05) is 46.1 Å². The first-order valence-electron chi connectivity index (χ1n) is 17.5. The number of benzene rings is 2. The third-order valence-electron chi connectivity index (χ3n) is 7.25. The minimum absolute atomic E-state index is 0.189. The summed E-state index contributed by atoms with van der Waals surface area (Å²) in [4.78, 5) is 49.1. The van der Waals surface area contributed by atoms with Crippen molar-refractivity contribution in [2.24, 2.45) is 0 Å². The largest absolute Gasteiger partial charge is 0.478 e. The molecule has 13 nitrogen and oxygen atoms in total. The maximum absolute atomic E-state index is 11.7. The molecule has 300 valence electrons. The van der Waals surface area contributed by atoms with Gasteiger partial charge in [0.25, 0.3) is 0 Å². The molecule has 2 aromatic carbocycles. The van der Waals surface area contributed by atoms with Crippen molar-refractivity contribution in [1.29, 1.82) is 0 Å². The Bertz CT molecular complexity index is 2230. The zero-order valence-electron chi connectivity index (χ0n) is 32.0. The van der Waals surface area contributed by atoms with E-state index in [1.54, 1.807) is 43.1 Å². The molecular formula is C43H43Br2N7O6. The topological polar surface area (TPSA) is 192 Å². The van der Waals surface area contributed by atoms with Gasteiger partial charge in [-0.1, -0.05) is 81.1 Å². The average Bonchev–Trinajstić information content (AvgIpc) is 3.21. The minimum atomic E-state index is -0.964. The number of halogens is 2. The van der Waals surface area contributed by atoms with Crippen molar-refractivity contribution < 1.29 is 29.0 Å². The number of anilines is 3. The summed E-state index contributed by atoms with van der Waals surface area (Å²) in [6.07, 6.45) is 11.8. The van der Waals surface area contributed by atoms with Crippen LogP contribution in [0.25, 0.3) is 5.57 Å². The Morgan fingerprint density at radius 3 is 1.57 bits per heavy atom. The van der Waals surface area contributed by atoms with Crippen LogP contribution in [-0.4, -0.2) is 43.2 Å². The van der Waals surface area contributed by atoms with E-state index in [0.29, 0.717) is 21.8 Å². The number of hydrogen-bond acceptors (Lipinski definition) is 10. The number of ether oxygens (including phenoxy) is 2. The fourth-order valence-electron chi connectivity index (χ4n) is 4.30. The molecule has 0 aliphatic heterocycles. The van der Waals surface area contributed by atoms with Crippen LogP contribution in [0, 0.1) is 0 Å². The maximum Gasteiger partial charge on any atom is 0.412 e. The summed E-state index contributed by atoms with van der Waals surface area (Å²) in [5.74, 6) is -0.454. The Labute approximate surface area is 354 Å². The van der Waals surface area contributed by atoms with E-state index in [9.17, 15) is 14.4 Å². The Kier molecular flexibility index (Phi) is 19.7. The minimum Gasteiger partial charge on any atom is -0.478 e. The van der Waals surface area contributed by atoms with Crippen LogP contribution in [0.1, 0.15) is 59.3 Å². The van der Waals surface area contributed by atoms with E-state index in [1.165, 1.54) is 24.0 Å². The number of allylic oxidation sites excluding steroid dienone is 1. The second kappa shape index (κ2) is 24.9. The summed E-state index contributed by atoms with van der Waals surface area (Å²) in [5, 5.41) is 13.7. The number of nitrogens with zero attached hydrogens (tertiary/aromatic N) is 4. The molecule has 0 bridgehead atoms. The molecule has 4 aromatic heterocycles. The highest BCUT2D eigenvalue weighted by Gasteiger charge is 2.06. The van der Waals surface area contributed by atoms with Gasteiger partial charge in [-0.25, -0.2) is 14.4 Å².